The standard InChI is InChI=1S/C21H21ClN2O2/c1-12(2)14-5-3-7-16-15-6-4-8-17(15)21(23-20(14)16)18-11-13(24(25)26)9-10-19(18)22/h3-7,9-12,15,17,21,23H,8H2,1-2H3/t15-,17-,21+/m1/s1. The number of halogens is 1. The fourth-order valence-electron chi connectivity index (χ4n) is 4.32. The summed E-state index contributed by atoms with van der Waals surface area (Å²) >= 11 is 6.47. The lowest BCUT2D eigenvalue weighted by atomic mass is 9.75. The molecular formula is C21H21ClN2O2. The van der Waals surface area contributed by atoms with Gasteiger partial charge in [0, 0.05) is 34.3 Å². The predicted octanol–water partition coefficient (Wildman–Crippen LogP) is 6.20. The lowest BCUT2D eigenvalue weighted by molar-refractivity contribution is -0.384. The fourth-order valence-corrected chi connectivity index (χ4v) is 4.55. The zero-order valence-corrected chi connectivity index (χ0v) is 15.5. The van der Waals surface area contributed by atoms with Crippen molar-refractivity contribution in [1.29, 1.82) is 0 Å². The molecule has 0 unspecified atom stereocenters. The maximum absolute atomic E-state index is 11.2. The van der Waals surface area contributed by atoms with Gasteiger partial charge in [-0.05, 0) is 35.4 Å². The lowest BCUT2D eigenvalue weighted by Gasteiger charge is -2.39. The average Bonchev–Trinajstić information content (AvgIpc) is 3.10. The van der Waals surface area contributed by atoms with Crippen molar-refractivity contribution in [2.24, 2.45) is 5.92 Å². The number of non-ortho nitro benzene ring substituents is 1. The molecular weight excluding hydrogens is 348 g/mol. The zero-order chi connectivity index (χ0) is 18.4. The summed E-state index contributed by atoms with van der Waals surface area (Å²) < 4.78 is 0. The maximum Gasteiger partial charge on any atom is 0.269 e. The van der Waals surface area contributed by atoms with Gasteiger partial charge < -0.3 is 5.32 Å². The zero-order valence-electron chi connectivity index (χ0n) is 14.8. The van der Waals surface area contributed by atoms with E-state index in [2.05, 4.69) is 49.5 Å². The second-order valence-electron chi connectivity index (χ2n) is 7.40. The molecule has 0 fully saturated rings. The van der Waals surface area contributed by atoms with Crippen LogP contribution < -0.4 is 5.32 Å². The molecule has 3 atom stereocenters. The SMILES string of the molecule is CC(C)c1cccc2c1N[C@H](c1cc([N+](=O)[O-])ccc1Cl)[C@@H]1CC=C[C@H]21. The Balaban J connectivity index is 1.85. The molecule has 134 valence electrons. The molecule has 4 nitrogen and oxygen atoms in total. The van der Waals surface area contributed by atoms with Crippen molar-refractivity contribution in [2.75, 3.05) is 5.32 Å². The summed E-state index contributed by atoms with van der Waals surface area (Å²) in [4.78, 5) is 10.9. The molecule has 0 saturated heterocycles. The van der Waals surface area contributed by atoms with E-state index in [4.69, 9.17) is 11.6 Å². The van der Waals surface area contributed by atoms with Gasteiger partial charge in [0.05, 0.1) is 11.0 Å². The monoisotopic (exact) mass is 368 g/mol. The first-order valence-electron chi connectivity index (χ1n) is 8.97. The third-order valence-corrected chi connectivity index (χ3v) is 5.92. The minimum Gasteiger partial charge on any atom is -0.377 e. The molecule has 1 N–H and O–H groups in total. The van der Waals surface area contributed by atoms with Crippen molar-refractivity contribution in [3.63, 3.8) is 0 Å². The van der Waals surface area contributed by atoms with Crippen molar-refractivity contribution in [2.45, 2.75) is 38.1 Å². The fraction of sp³-hybridized carbons (Fsp3) is 0.333. The van der Waals surface area contributed by atoms with E-state index in [-0.39, 0.29) is 16.7 Å². The van der Waals surface area contributed by atoms with Crippen LogP contribution in [-0.2, 0) is 0 Å². The van der Waals surface area contributed by atoms with Crippen LogP contribution in [-0.4, -0.2) is 4.92 Å². The molecule has 0 spiro atoms. The van der Waals surface area contributed by atoms with Crippen LogP contribution in [0.25, 0.3) is 0 Å². The van der Waals surface area contributed by atoms with Gasteiger partial charge in [0.1, 0.15) is 0 Å². The van der Waals surface area contributed by atoms with Gasteiger partial charge in [-0.2, -0.15) is 0 Å². The lowest BCUT2D eigenvalue weighted by Crippen LogP contribution is -2.30. The van der Waals surface area contributed by atoms with E-state index in [9.17, 15) is 10.1 Å². The van der Waals surface area contributed by atoms with E-state index in [1.54, 1.807) is 12.1 Å². The number of rotatable bonds is 3. The highest BCUT2D eigenvalue weighted by atomic mass is 35.5. The van der Waals surface area contributed by atoms with Gasteiger partial charge in [0.25, 0.3) is 5.69 Å². The summed E-state index contributed by atoms with van der Waals surface area (Å²) in [6, 6.07) is 11.1. The van der Waals surface area contributed by atoms with E-state index < -0.39 is 0 Å². The molecule has 0 bridgehead atoms. The Morgan fingerprint density at radius 3 is 2.77 bits per heavy atom. The van der Waals surface area contributed by atoms with Gasteiger partial charge in [-0.1, -0.05) is 55.8 Å². The molecule has 1 aliphatic heterocycles. The van der Waals surface area contributed by atoms with Crippen molar-refractivity contribution in [1.82, 2.24) is 0 Å². The average molecular weight is 369 g/mol. The first kappa shape index (κ1) is 17.1. The highest BCUT2D eigenvalue weighted by Gasteiger charge is 2.39. The van der Waals surface area contributed by atoms with Crippen LogP contribution in [0.4, 0.5) is 11.4 Å². The molecule has 4 rings (SSSR count). The summed E-state index contributed by atoms with van der Waals surface area (Å²) in [5.41, 5.74) is 4.63. The van der Waals surface area contributed by atoms with E-state index in [0.717, 1.165) is 17.7 Å². The van der Waals surface area contributed by atoms with Crippen LogP contribution in [0.15, 0.2) is 48.6 Å². The van der Waals surface area contributed by atoms with Gasteiger partial charge in [-0.15, -0.1) is 0 Å². The second-order valence-corrected chi connectivity index (χ2v) is 7.81. The number of nitro groups is 1. The van der Waals surface area contributed by atoms with Crippen LogP contribution in [0.2, 0.25) is 5.02 Å². The van der Waals surface area contributed by atoms with Crippen molar-refractivity contribution < 1.29 is 4.92 Å². The van der Waals surface area contributed by atoms with E-state index in [1.807, 2.05) is 0 Å². The summed E-state index contributed by atoms with van der Waals surface area (Å²) in [7, 11) is 0. The molecule has 5 heteroatoms. The number of benzene rings is 2. The molecule has 0 saturated carbocycles. The van der Waals surface area contributed by atoms with Crippen molar-refractivity contribution in [3.05, 3.63) is 80.4 Å². The summed E-state index contributed by atoms with van der Waals surface area (Å²) in [5, 5.41) is 15.5. The Labute approximate surface area is 158 Å². The topological polar surface area (TPSA) is 55.2 Å². The van der Waals surface area contributed by atoms with Gasteiger partial charge in [-0.25, -0.2) is 0 Å². The first-order chi connectivity index (χ1) is 12.5. The molecule has 0 aromatic heterocycles. The van der Waals surface area contributed by atoms with Crippen LogP contribution in [0.1, 0.15) is 54.8 Å². The van der Waals surface area contributed by atoms with Crippen LogP contribution in [0.5, 0.6) is 0 Å². The number of nitrogens with zero attached hydrogens (tertiary/aromatic N) is 1. The number of nitrogens with one attached hydrogen (secondary N) is 1. The Morgan fingerprint density at radius 2 is 2.04 bits per heavy atom. The van der Waals surface area contributed by atoms with E-state index in [1.165, 1.54) is 17.2 Å². The molecule has 2 aromatic rings. The molecule has 0 amide bonds. The molecule has 2 aliphatic rings. The number of hydrogen-bond acceptors (Lipinski definition) is 3. The number of anilines is 1. The quantitative estimate of drug-likeness (QED) is 0.398. The normalized spacial score (nSPS) is 23.5. The number of fused-ring (bicyclic) bond motifs is 3. The Hall–Kier alpha value is -2.33. The predicted molar refractivity (Wildman–Crippen MR) is 105 cm³/mol. The Kier molecular flexibility index (Phi) is 4.23. The summed E-state index contributed by atoms with van der Waals surface area (Å²) in [5.74, 6) is 1.01. The summed E-state index contributed by atoms with van der Waals surface area (Å²) in [6.07, 6.45) is 5.42. The van der Waals surface area contributed by atoms with E-state index in [0.29, 0.717) is 22.8 Å². The third kappa shape index (κ3) is 2.69. The third-order valence-electron chi connectivity index (χ3n) is 5.58. The van der Waals surface area contributed by atoms with E-state index >= 15 is 0 Å². The first-order valence-corrected chi connectivity index (χ1v) is 9.35. The smallest absolute Gasteiger partial charge is 0.269 e. The number of hydrogen-bond donors (Lipinski definition) is 1. The molecule has 0 radical (unpaired) electrons. The number of allylic oxidation sites excluding steroid dienone is 2. The molecule has 1 aliphatic carbocycles. The summed E-state index contributed by atoms with van der Waals surface area (Å²) in [6.45, 7) is 4.37. The highest BCUT2D eigenvalue weighted by Crippen LogP contribution is 2.52. The number of nitro benzene ring substituents is 1. The number of para-hydroxylation sites is 1. The van der Waals surface area contributed by atoms with Crippen LogP contribution in [0, 0.1) is 16.0 Å². The van der Waals surface area contributed by atoms with Crippen LogP contribution >= 0.6 is 11.6 Å². The van der Waals surface area contributed by atoms with Crippen LogP contribution in [0.3, 0.4) is 0 Å². The van der Waals surface area contributed by atoms with Crippen molar-refractivity contribution >= 4 is 23.0 Å². The second kappa shape index (κ2) is 6.44. The largest absolute Gasteiger partial charge is 0.377 e. The Bertz CT molecular complexity index is 907. The highest BCUT2D eigenvalue weighted by molar-refractivity contribution is 6.31. The molecule has 1 heterocycles. The van der Waals surface area contributed by atoms with Gasteiger partial charge in [-0.3, -0.25) is 10.1 Å². The van der Waals surface area contributed by atoms with Gasteiger partial charge in [0.15, 0.2) is 0 Å². The maximum atomic E-state index is 11.2. The minimum absolute atomic E-state index is 0.0465. The Morgan fingerprint density at radius 1 is 1.23 bits per heavy atom. The van der Waals surface area contributed by atoms with Gasteiger partial charge in [0.2, 0.25) is 0 Å². The van der Waals surface area contributed by atoms with Crippen molar-refractivity contribution in [3.8, 4) is 0 Å². The minimum atomic E-state index is -0.361. The van der Waals surface area contributed by atoms with Gasteiger partial charge >= 0.3 is 0 Å². The molecule has 2 aromatic carbocycles. The molecule has 26 heavy (non-hydrogen) atoms.